The number of hydrogen-bond acceptors (Lipinski definition) is 3. The minimum absolute atomic E-state index is 0.0346. The van der Waals surface area contributed by atoms with Crippen LogP contribution in [0.15, 0.2) is 24.3 Å². The van der Waals surface area contributed by atoms with E-state index in [9.17, 15) is 9.90 Å². The molecule has 4 nitrogen and oxygen atoms in total. The van der Waals surface area contributed by atoms with E-state index < -0.39 is 5.91 Å². The topological polar surface area (TPSA) is 75.3 Å². The molecule has 0 aliphatic carbocycles. The summed E-state index contributed by atoms with van der Waals surface area (Å²) in [5.74, 6) is -0.407. The second-order valence-corrected chi connectivity index (χ2v) is 5.03. The number of primary amides is 1. The van der Waals surface area contributed by atoms with Crippen molar-refractivity contribution in [3.05, 3.63) is 35.4 Å². The van der Waals surface area contributed by atoms with Gasteiger partial charge in [0.15, 0.2) is 0 Å². The maximum Gasteiger partial charge on any atom is 0.248 e. The molecule has 19 heavy (non-hydrogen) atoms. The van der Waals surface area contributed by atoms with Gasteiger partial charge in [0.25, 0.3) is 0 Å². The molecule has 0 aliphatic heterocycles. The lowest BCUT2D eigenvalue weighted by molar-refractivity contribution is 0.1000. The zero-order chi connectivity index (χ0) is 14.3. The number of aliphatic hydroxyl groups excluding tert-OH is 1. The van der Waals surface area contributed by atoms with Crippen LogP contribution in [0.3, 0.4) is 0 Å². The molecule has 106 valence electrons. The Morgan fingerprint density at radius 2 is 1.84 bits per heavy atom. The summed E-state index contributed by atoms with van der Waals surface area (Å²) in [6.07, 6.45) is 1.90. The van der Waals surface area contributed by atoms with Gasteiger partial charge in [-0.25, -0.2) is 0 Å². The highest BCUT2D eigenvalue weighted by molar-refractivity contribution is 5.92. The molecule has 1 rings (SSSR count). The largest absolute Gasteiger partial charge is 0.396 e. The lowest BCUT2D eigenvalue weighted by atomic mass is 9.83. The van der Waals surface area contributed by atoms with E-state index in [4.69, 9.17) is 5.73 Å². The summed E-state index contributed by atoms with van der Waals surface area (Å²) >= 11 is 0. The van der Waals surface area contributed by atoms with Crippen molar-refractivity contribution in [3.63, 3.8) is 0 Å². The van der Waals surface area contributed by atoms with E-state index in [0.29, 0.717) is 5.56 Å². The predicted octanol–water partition coefficient (Wildman–Crippen LogP) is 1.67. The number of amides is 1. The van der Waals surface area contributed by atoms with Crippen molar-refractivity contribution in [2.75, 3.05) is 13.2 Å². The average molecular weight is 264 g/mol. The Morgan fingerprint density at radius 3 is 2.26 bits per heavy atom. The molecule has 0 aliphatic rings. The number of carbonyl (C=O) groups excluding carboxylic acids is 1. The molecule has 0 unspecified atom stereocenters. The van der Waals surface area contributed by atoms with Crippen LogP contribution >= 0.6 is 0 Å². The van der Waals surface area contributed by atoms with Crippen molar-refractivity contribution in [1.29, 1.82) is 0 Å². The first-order valence-electron chi connectivity index (χ1n) is 6.77. The van der Waals surface area contributed by atoms with Crippen LogP contribution in [-0.4, -0.2) is 24.2 Å². The molecule has 0 saturated heterocycles. The minimum Gasteiger partial charge on any atom is -0.396 e. The molecule has 0 radical (unpaired) electrons. The fourth-order valence-electron chi connectivity index (χ4n) is 2.04. The first-order chi connectivity index (χ1) is 9.06. The van der Waals surface area contributed by atoms with Crippen LogP contribution in [0.25, 0.3) is 0 Å². The lowest BCUT2D eigenvalue weighted by Crippen LogP contribution is -2.36. The fraction of sp³-hybridized carbons (Fsp3) is 0.533. The van der Waals surface area contributed by atoms with Gasteiger partial charge in [-0.15, -0.1) is 0 Å². The van der Waals surface area contributed by atoms with E-state index in [1.54, 1.807) is 12.1 Å². The van der Waals surface area contributed by atoms with Gasteiger partial charge in [-0.1, -0.05) is 26.0 Å². The number of rotatable bonds is 8. The van der Waals surface area contributed by atoms with Crippen LogP contribution in [0.1, 0.15) is 42.6 Å². The SMILES string of the molecule is CCC(CC)(CO)CNCc1ccc(C(N)=O)cc1. The predicted molar refractivity (Wildman–Crippen MR) is 76.8 cm³/mol. The molecule has 0 bridgehead atoms. The van der Waals surface area contributed by atoms with Crippen LogP contribution in [0.4, 0.5) is 0 Å². The number of carbonyl (C=O) groups is 1. The van der Waals surface area contributed by atoms with Crippen LogP contribution in [0.2, 0.25) is 0 Å². The minimum atomic E-state index is -0.407. The highest BCUT2D eigenvalue weighted by Crippen LogP contribution is 2.24. The molecule has 0 spiro atoms. The fourth-order valence-corrected chi connectivity index (χ4v) is 2.04. The Labute approximate surface area is 115 Å². The van der Waals surface area contributed by atoms with Crippen molar-refractivity contribution in [2.24, 2.45) is 11.1 Å². The zero-order valence-electron chi connectivity index (χ0n) is 11.8. The van der Waals surface area contributed by atoms with Crippen molar-refractivity contribution >= 4 is 5.91 Å². The van der Waals surface area contributed by atoms with Gasteiger partial charge < -0.3 is 16.2 Å². The molecule has 0 fully saturated rings. The number of benzene rings is 1. The molecule has 1 aromatic rings. The van der Waals surface area contributed by atoms with E-state index in [2.05, 4.69) is 19.2 Å². The summed E-state index contributed by atoms with van der Waals surface area (Å²) in [5, 5.41) is 12.8. The van der Waals surface area contributed by atoms with Gasteiger partial charge in [0.1, 0.15) is 0 Å². The third-order valence-electron chi connectivity index (χ3n) is 3.90. The van der Waals surface area contributed by atoms with Gasteiger partial charge >= 0.3 is 0 Å². The molecular formula is C15H24N2O2. The van der Waals surface area contributed by atoms with Crippen LogP contribution < -0.4 is 11.1 Å². The molecule has 4 N–H and O–H groups in total. The van der Waals surface area contributed by atoms with Gasteiger partial charge in [0.05, 0.1) is 0 Å². The maximum atomic E-state index is 11.0. The lowest BCUT2D eigenvalue weighted by Gasteiger charge is -2.29. The van der Waals surface area contributed by atoms with E-state index >= 15 is 0 Å². The van der Waals surface area contributed by atoms with E-state index in [-0.39, 0.29) is 12.0 Å². The van der Waals surface area contributed by atoms with Gasteiger partial charge in [-0.3, -0.25) is 4.79 Å². The summed E-state index contributed by atoms with van der Waals surface area (Å²) in [7, 11) is 0. The molecule has 0 saturated carbocycles. The van der Waals surface area contributed by atoms with Crippen molar-refractivity contribution < 1.29 is 9.90 Å². The number of aliphatic hydroxyl groups is 1. The summed E-state index contributed by atoms with van der Waals surface area (Å²) in [5.41, 5.74) is 6.78. The van der Waals surface area contributed by atoms with Gasteiger partial charge in [-0.05, 0) is 30.5 Å². The molecular weight excluding hydrogens is 240 g/mol. The van der Waals surface area contributed by atoms with E-state index in [1.807, 2.05) is 12.1 Å². The molecule has 1 aromatic carbocycles. The molecule has 1 amide bonds. The first kappa shape index (κ1) is 15.7. The summed E-state index contributed by atoms with van der Waals surface area (Å²) < 4.78 is 0. The highest BCUT2D eigenvalue weighted by Gasteiger charge is 2.24. The van der Waals surface area contributed by atoms with E-state index in [1.165, 1.54) is 0 Å². The first-order valence-corrected chi connectivity index (χ1v) is 6.77. The smallest absolute Gasteiger partial charge is 0.248 e. The quantitative estimate of drug-likeness (QED) is 0.668. The Morgan fingerprint density at radius 1 is 1.26 bits per heavy atom. The van der Waals surface area contributed by atoms with Crippen LogP contribution in [0, 0.1) is 5.41 Å². The summed E-state index contributed by atoms with van der Waals surface area (Å²) in [6, 6.07) is 7.26. The third kappa shape index (κ3) is 4.33. The second-order valence-electron chi connectivity index (χ2n) is 5.03. The Balaban J connectivity index is 2.51. The third-order valence-corrected chi connectivity index (χ3v) is 3.90. The Kier molecular flexibility index (Phi) is 5.99. The maximum absolute atomic E-state index is 11.0. The van der Waals surface area contributed by atoms with Gasteiger partial charge in [-0.2, -0.15) is 0 Å². The van der Waals surface area contributed by atoms with Crippen molar-refractivity contribution in [1.82, 2.24) is 5.32 Å². The normalized spacial score (nSPS) is 11.5. The number of nitrogens with one attached hydrogen (secondary N) is 1. The molecule has 0 heterocycles. The van der Waals surface area contributed by atoms with Crippen LogP contribution in [0.5, 0.6) is 0 Å². The van der Waals surface area contributed by atoms with E-state index in [0.717, 1.165) is 31.5 Å². The number of nitrogens with two attached hydrogens (primary N) is 1. The number of hydrogen-bond donors (Lipinski definition) is 3. The zero-order valence-corrected chi connectivity index (χ0v) is 11.8. The standard InChI is InChI=1S/C15H24N2O2/c1-3-15(4-2,11-18)10-17-9-12-5-7-13(8-6-12)14(16)19/h5-8,17-18H,3-4,9-11H2,1-2H3,(H2,16,19). The van der Waals surface area contributed by atoms with Crippen molar-refractivity contribution in [2.45, 2.75) is 33.2 Å². The molecule has 4 heteroatoms. The summed E-state index contributed by atoms with van der Waals surface area (Å²) in [6.45, 7) is 5.91. The average Bonchev–Trinajstić information content (AvgIpc) is 2.45. The van der Waals surface area contributed by atoms with Gasteiger partial charge in [0, 0.05) is 30.7 Å². The Bertz CT molecular complexity index is 389. The highest BCUT2D eigenvalue weighted by atomic mass is 16.3. The summed E-state index contributed by atoms with van der Waals surface area (Å²) in [4.78, 5) is 11.0. The van der Waals surface area contributed by atoms with Gasteiger partial charge in [0.2, 0.25) is 5.91 Å². The van der Waals surface area contributed by atoms with Crippen molar-refractivity contribution in [3.8, 4) is 0 Å². The molecule has 0 aromatic heterocycles. The monoisotopic (exact) mass is 264 g/mol. The molecule has 0 atom stereocenters. The second kappa shape index (κ2) is 7.26. The Hall–Kier alpha value is -1.39. The van der Waals surface area contributed by atoms with Crippen LogP contribution in [-0.2, 0) is 6.54 Å².